The number of nitrogens with zero attached hydrogens (tertiary/aromatic N) is 2. The maximum atomic E-state index is 4.40. The maximum Gasteiger partial charge on any atom is 0.125 e. The number of benzene rings is 1. The number of rotatable bonds is 4. The Labute approximate surface area is 115 Å². The number of nitrogens with one attached hydrogen (secondary N) is 1. The molecule has 2 atom stereocenters. The topological polar surface area (TPSA) is 29.9 Å². The SMILES string of the molecule is Cc1ccc(C)c(C(C)NC(C)c2nccn2C)c1. The number of aromatic nitrogens is 2. The van der Waals surface area contributed by atoms with Crippen molar-refractivity contribution in [3.05, 3.63) is 53.1 Å². The lowest BCUT2D eigenvalue weighted by Crippen LogP contribution is -2.25. The van der Waals surface area contributed by atoms with Crippen LogP contribution >= 0.6 is 0 Å². The van der Waals surface area contributed by atoms with Gasteiger partial charge in [-0.1, -0.05) is 23.8 Å². The molecule has 3 nitrogen and oxygen atoms in total. The molecule has 0 aliphatic carbocycles. The van der Waals surface area contributed by atoms with Crippen LogP contribution in [0.5, 0.6) is 0 Å². The predicted octanol–water partition coefficient (Wildman–Crippen LogP) is 3.45. The van der Waals surface area contributed by atoms with Crippen molar-refractivity contribution in [2.45, 2.75) is 39.8 Å². The Morgan fingerprint density at radius 1 is 1.16 bits per heavy atom. The molecule has 1 heterocycles. The van der Waals surface area contributed by atoms with Gasteiger partial charge in [0.2, 0.25) is 0 Å². The molecule has 2 rings (SSSR count). The van der Waals surface area contributed by atoms with E-state index in [9.17, 15) is 0 Å². The minimum Gasteiger partial charge on any atom is -0.337 e. The molecule has 1 aromatic carbocycles. The lowest BCUT2D eigenvalue weighted by atomic mass is 9.99. The van der Waals surface area contributed by atoms with E-state index in [2.05, 4.69) is 60.8 Å². The van der Waals surface area contributed by atoms with E-state index in [1.165, 1.54) is 16.7 Å². The summed E-state index contributed by atoms with van der Waals surface area (Å²) in [6.45, 7) is 8.67. The van der Waals surface area contributed by atoms with Crippen LogP contribution in [0.25, 0.3) is 0 Å². The van der Waals surface area contributed by atoms with E-state index >= 15 is 0 Å². The monoisotopic (exact) mass is 257 g/mol. The quantitative estimate of drug-likeness (QED) is 0.909. The van der Waals surface area contributed by atoms with Crippen LogP contribution in [-0.4, -0.2) is 9.55 Å². The van der Waals surface area contributed by atoms with Gasteiger partial charge < -0.3 is 9.88 Å². The first-order chi connectivity index (χ1) is 8.99. The molecule has 1 aromatic heterocycles. The molecule has 0 saturated heterocycles. The molecule has 2 aromatic rings. The average Bonchev–Trinajstić information content (AvgIpc) is 2.78. The minimum absolute atomic E-state index is 0.231. The van der Waals surface area contributed by atoms with Gasteiger partial charge in [-0.2, -0.15) is 0 Å². The summed E-state index contributed by atoms with van der Waals surface area (Å²) in [5.74, 6) is 1.07. The molecular weight excluding hydrogens is 234 g/mol. The van der Waals surface area contributed by atoms with Gasteiger partial charge in [0, 0.05) is 25.5 Å². The highest BCUT2D eigenvalue weighted by Crippen LogP contribution is 2.22. The first-order valence-corrected chi connectivity index (χ1v) is 6.79. The molecule has 2 unspecified atom stereocenters. The van der Waals surface area contributed by atoms with Crippen molar-refractivity contribution < 1.29 is 0 Å². The third-order valence-electron chi connectivity index (χ3n) is 3.65. The van der Waals surface area contributed by atoms with Gasteiger partial charge in [-0.3, -0.25) is 0 Å². The fourth-order valence-corrected chi connectivity index (χ4v) is 2.56. The maximum absolute atomic E-state index is 4.40. The molecule has 0 bridgehead atoms. The Hall–Kier alpha value is -1.61. The molecule has 0 aliphatic heterocycles. The van der Waals surface area contributed by atoms with Gasteiger partial charge in [-0.25, -0.2) is 4.98 Å². The third-order valence-corrected chi connectivity index (χ3v) is 3.65. The second-order valence-electron chi connectivity index (χ2n) is 5.37. The summed E-state index contributed by atoms with van der Waals surface area (Å²) >= 11 is 0. The van der Waals surface area contributed by atoms with Gasteiger partial charge >= 0.3 is 0 Å². The lowest BCUT2D eigenvalue weighted by molar-refractivity contribution is 0.466. The van der Waals surface area contributed by atoms with Gasteiger partial charge in [-0.05, 0) is 38.8 Å². The average molecular weight is 257 g/mol. The number of hydrogen-bond donors (Lipinski definition) is 1. The summed E-state index contributed by atoms with van der Waals surface area (Å²) in [4.78, 5) is 4.40. The van der Waals surface area contributed by atoms with Crippen molar-refractivity contribution in [1.82, 2.24) is 14.9 Å². The highest BCUT2D eigenvalue weighted by molar-refractivity contribution is 5.32. The molecule has 1 N–H and O–H groups in total. The van der Waals surface area contributed by atoms with Crippen LogP contribution in [0.3, 0.4) is 0 Å². The first-order valence-electron chi connectivity index (χ1n) is 6.79. The fraction of sp³-hybridized carbons (Fsp3) is 0.438. The van der Waals surface area contributed by atoms with Gasteiger partial charge in [0.05, 0.1) is 6.04 Å². The highest BCUT2D eigenvalue weighted by Gasteiger charge is 2.15. The molecule has 0 aliphatic rings. The standard InChI is InChI=1S/C16H23N3/c1-11-6-7-12(2)15(10-11)13(3)18-14(4)16-17-8-9-19(16)5/h6-10,13-14,18H,1-5H3. The van der Waals surface area contributed by atoms with E-state index in [1.807, 2.05) is 19.4 Å². The Balaban J connectivity index is 2.15. The summed E-state index contributed by atoms with van der Waals surface area (Å²) in [6.07, 6.45) is 3.83. The van der Waals surface area contributed by atoms with Crippen LogP contribution in [0.15, 0.2) is 30.6 Å². The van der Waals surface area contributed by atoms with E-state index in [1.54, 1.807) is 0 Å². The molecular formula is C16H23N3. The largest absolute Gasteiger partial charge is 0.337 e. The zero-order chi connectivity index (χ0) is 14.0. The molecule has 3 heteroatoms. The lowest BCUT2D eigenvalue weighted by Gasteiger charge is -2.22. The van der Waals surface area contributed by atoms with Crippen molar-refractivity contribution in [1.29, 1.82) is 0 Å². The summed E-state index contributed by atoms with van der Waals surface area (Å²) < 4.78 is 2.06. The van der Waals surface area contributed by atoms with Crippen LogP contribution < -0.4 is 5.32 Å². The molecule has 0 spiro atoms. The first kappa shape index (κ1) is 13.8. The second kappa shape index (κ2) is 5.57. The number of imidazole rings is 1. The van der Waals surface area contributed by atoms with Crippen LogP contribution in [0.4, 0.5) is 0 Å². The second-order valence-corrected chi connectivity index (χ2v) is 5.37. The van der Waals surface area contributed by atoms with Crippen molar-refractivity contribution in [3.63, 3.8) is 0 Å². The highest BCUT2D eigenvalue weighted by atomic mass is 15.1. The van der Waals surface area contributed by atoms with Crippen LogP contribution in [-0.2, 0) is 7.05 Å². The van der Waals surface area contributed by atoms with Gasteiger partial charge in [0.15, 0.2) is 0 Å². The van der Waals surface area contributed by atoms with E-state index in [0.717, 1.165) is 5.82 Å². The van der Waals surface area contributed by atoms with Gasteiger partial charge in [0.1, 0.15) is 5.82 Å². The summed E-state index contributed by atoms with van der Waals surface area (Å²) in [6, 6.07) is 7.15. The summed E-state index contributed by atoms with van der Waals surface area (Å²) in [7, 11) is 2.03. The van der Waals surface area contributed by atoms with Crippen molar-refractivity contribution >= 4 is 0 Å². The van der Waals surface area contributed by atoms with Crippen molar-refractivity contribution in [2.24, 2.45) is 7.05 Å². The molecule has 0 amide bonds. The zero-order valence-electron chi connectivity index (χ0n) is 12.4. The number of hydrogen-bond acceptors (Lipinski definition) is 2. The molecule has 19 heavy (non-hydrogen) atoms. The van der Waals surface area contributed by atoms with Gasteiger partial charge in [0.25, 0.3) is 0 Å². The molecule has 102 valence electrons. The number of aryl methyl sites for hydroxylation is 3. The summed E-state index contributed by atoms with van der Waals surface area (Å²) in [5, 5.41) is 3.62. The zero-order valence-corrected chi connectivity index (χ0v) is 12.4. The Bertz CT molecular complexity index is 557. The van der Waals surface area contributed by atoms with E-state index in [4.69, 9.17) is 0 Å². The van der Waals surface area contributed by atoms with Crippen LogP contribution in [0.2, 0.25) is 0 Å². The molecule has 0 radical (unpaired) electrons. The molecule has 0 saturated carbocycles. The predicted molar refractivity (Wildman–Crippen MR) is 79.1 cm³/mol. The Morgan fingerprint density at radius 3 is 2.53 bits per heavy atom. The van der Waals surface area contributed by atoms with Crippen LogP contribution in [0, 0.1) is 13.8 Å². The Kier molecular flexibility index (Phi) is 4.05. The van der Waals surface area contributed by atoms with Crippen molar-refractivity contribution in [2.75, 3.05) is 0 Å². The normalized spacial score (nSPS) is 14.4. The minimum atomic E-state index is 0.231. The van der Waals surface area contributed by atoms with Crippen LogP contribution in [0.1, 0.15) is 48.4 Å². The third kappa shape index (κ3) is 3.04. The fourth-order valence-electron chi connectivity index (χ4n) is 2.56. The van der Waals surface area contributed by atoms with E-state index < -0.39 is 0 Å². The summed E-state index contributed by atoms with van der Waals surface area (Å²) in [5.41, 5.74) is 4.00. The van der Waals surface area contributed by atoms with E-state index in [0.29, 0.717) is 6.04 Å². The van der Waals surface area contributed by atoms with Crippen molar-refractivity contribution in [3.8, 4) is 0 Å². The van der Waals surface area contributed by atoms with Gasteiger partial charge in [-0.15, -0.1) is 0 Å². The van der Waals surface area contributed by atoms with E-state index in [-0.39, 0.29) is 6.04 Å². The Morgan fingerprint density at radius 2 is 1.89 bits per heavy atom. The molecule has 0 fully saturated rings. The smallest absolute Gasteiger partial charge is 0.125 e.